The van der Waals surface area contributed by atoms with Gasteiger partial charge in [-0.15, -0.1) is 6.42 Å². The molecule has 2 aliphatic rings. The molecule has 0 aromatic heterocycles. The second-order valence-electron chi connectivity index (χ2n) is 6.79. The van der Waals surface area contributed by atoms with Crippen LogP contribution in [-0.2, 0) is 9.53 Å². The van der Waals surface area contributed by atoms with Gasteiger partial charge in [-0.05, 0) is 11.1 Å². The van der Waals surface area contributed by atoms with E-state index in [1.54, 1.807) is 9.80 Å². The van der Waals surface area contributed by atoms with Crippen LogP contribution in [0.2, 0.25) is 0 Å². The van der Waals surface area contributed by atoms with Crippen molar-refractivity contribution in [3.8, 4) is 12.3 Å². The van der Waals surface area contributed by atoms with Crippen molar-refractivity contribution >= 4 is 18.1 Å². The Hall–Kier alpha value is -3.52. The van der Waals surface area contributed by atoms with Crippen molar-refractivity contribution < 1.29 is 14.3 Å². The van der Waals surface area contributed by atoms with E-state index in [1.807, 2.05) is 72.8 Å². The van der Waals surface area contributed by atoms with Gasteiger partial charge in [0, 0.05) is 0 Å². The first kappa shape index (κ1) is 17.9. The van der Waals surface area contributed by atoms with Gasteiger partial charge >= 0.3 is 6.09 Å². The SMILES string of the molecule is C#CCN1C(=O)[C@@H](N2C(=O)OC[C@@H]2c2ccccc2)[C@H]1/C=C/c1ccccc1. The summed E-state index contributed by atoms with van der Waals surface area (Å²) in [6.45, 7) is 0.439. The minimum atomic E-state index is -0.617. The number of amides is 2. The molecule has 140 valence electrons. The zero-order valence-electron chi connectivity index (χ0n) is 15.3. The number of carbonyl (C=O) groups excluding carboxylic acids is 2. The van der Waals surface area contributed by atoms with E-state index >= 15 is 0 Å². The molecule has 2 heterocycles. The van der Waals surface area contributed by atoms with Crippen LogP contribution in [0.25, 0.3) is 6.08 Å². The first-order chi connectivity index (χ1) is 13.7. The van der Waals surface area contributed by atoms with Crippen molar-refractivity contribution in [1.82, 2.24) is 9.80 Å². The Bertz CT molecular complexity index is 933. The fraction of sp³-hybridized carbons (Fsp3) is 0.217. The number of nitrogens with zero attached hydrogens (tertiary/aromatic N) is 2. The molecule has 0 unspecified atom stereocenters. The molecule has 0 saturated carbocycles. The smallest absolute Gasteiger partial charge is 0.411 e. The lowest BCUT2D eigenvalue weighted by Crippen LogP contribution is -2.70. The lowest BCUT2D eigenvalue weighted by Gasteiger charge is -2.49. The van der Waals surface area contributed by atoms with Crippen LogP contribution in [0.4, 0.5) is 4.79 Å². The molecular weight excluding hydrogens is 352 g/mol. The van der Waals surface area contributed by atoms with Crippen LogP contribution in [0.1, 0.15) is 17.2 Å². The van der Waals surface area contributed by atoms with Crippen LogP contribution in [0.15, 0.2) is 66.7 Å². The highest BCUT2D eigenvalue weighted by atomic mass is 16.6. The second-order valence-corrected chi connectivity index (χ2v) is 6.79. The van der Waals surface area contributed by atoms with Crippen molar-refractivity contribution in [2.24, 2.45) is 0 Å². The molecule has 4 rings (SSSR count). The van der Waals surface area contributed by atoms with E-state index in [4.69, 9.17) is 11.2 Å². The van der Waals surface area contributed by atoms with Gasteiger partial charge in [-0.1, -0.05) is 78.7 Å². The maximum atomic E-state index is 12.8. The Balaban J connectivity index is 1.63. The number of ether oxygens (including phenoxy) is 1. The van der Waals surface area contributed by atoms with Crippen molar-refractivity contribution in [2.75, 3.05) is 13.2 Å². The summed E-state index contributed by atoms with van der Waals surface area (Å²) >= 11 is 0. The van der Waals surface area contributed by atoms with Gasteiger partial charge < -0.3 is 9.64 Å². The summed E-state index contributed by atoms with van der Waals surface area (Å²) in [4.78, 5) is 28.5. The molecule has 5 heteroatoms. The summed E-state index contributed by atoms with van der Waals surface area (Å²) in [6.07, 6.45) is 8.86. The number of carbonyl (C=O) groups is 2. The van der Waals surface area contributed by atoms with E-state index in [1.165, 1.54) is 0 Å². The lowest BCUT2D eigenvalue weighted by molar-refractivity contribution is -0.153. The molecule has 0 aliphatic carbocycles. The molecule has 2 amide bonds. The van der Waals surface area contributed by atoms with E-state index in [9.17, 15) is 9.59 Å². The Kier molecular flexibility index (Phi) is 4.86. The highest BCUT2D eigenvalue weighted by Gasteiger charge is 2.54. The third-order valence-electron chi connectivity index (χ3n) is 5.16. The van der Waals surface area contributed by atoms with Gasteiger partial charge in [0.15, 0.2) is 0 Å². The molecule has 5 nitrogen and oxygen atoms in total. The van der Waals surface area contributed by atoms with Gasteiger partial charge in [0.25, 0.3) is 0 Å². The summed E-state index contributed by atoms with van der Waals surface area (Å²) < 4.78 is 5.30. The zero-order valence-corrected chi connectivity index (χ0v) is 15.3. The van der Waals surface area contributed by atoms with Gasteiger partial charge in [0.1, 0.15) is 12.6 Å². The highest BCUT2D eigenvalue weighted by molar-refractivity contribution is 5.94. The molecule has 2 fully saturated rings. The standard InChI is InChI=1S/C23H20N2O3/c1-2-15-24-19(14-13-17-9-5-3-6-10-17)21(22(24)26)25-20(16-28-23(25)27)18-11-7-4-8-12-18/h1,3-14,19-21H,15-16H2/b14-13+/t19-,20-,21+/m1/s1. The normalized spacial score (nSPS) is 24.2. The Morgan fingerprint density at radius 1 is 1.07 bits per heavy atom. The Morgan fingerprint density at radius 3 is 2.43 bits per heavy atom. The Morgan fingerprint density at radius 2 is 1.75 bits per heavy atom. The molecule has 2 aromatic carbocycles. The summed E-state index contributed by atoms with van der Waals surface area (Å²) in [5.74, 6) is 2.38. The number of terminal acetylenes is 1. The van der Waals surface area contributed by atoms with Gasteiger partial charge in [0.05, 0.1) is 18.6 Å². The topological polar surface area (TPSA) is 49.9 Å². The molecule has 28 heavy (non-hydrogen) atoms. The van der Waals surface area contributed by atoms with Crippen LogP contribution >= 0.6 is 0 Å². The fourth-order valence-electron chi connectivity index (χ4n) is 3.77. The second kappa shape index (κ2) is 7.61. The predicted octanol–water partition coefficient (Wildman–Crippen LogP) is 3.11. The van der Waals surface area contributed by atoms with E-state index in [-0.39, 0.29) is 31.1 Å². The summed E-state index contributed by atoms with van der Waals surface area (Å²) in [5.41, 5.74) is 1.97. The predicted molar refractivity (Wildman–Crippen MR) is 106 cm³/mol. The van der Waals surface area contributed by atoms with Crippen LogP contribution in [0.3, 0.4) is 0 Å². The van der Waals surface area contributed by atoms with E-state index in [0.29, 0.717) is 0 Å². The maximum absolute atomic E-state index is 12.8. The highest BCUT2D eigenvalue weighted by Crippen LogP contribution is 2.37. The van der Waals surface area contributed by atoms with Crippen LogP contribution < -0.4 is 0 Å². The molecule has 2 aliphatic heterocycles. The number of rotatable bonds is 5. The molecule has 0 radical (unpaired) electrons. The molecule has 3 atom stereocenters. The van der Waals surface area contributed by atoms with E-state index in [0.717, 1.165) is 11.1 Å². The van der Waals surface area contributed by atoms with Crippen molar-refractivity contribution in [3.63, 3.8) is 0 Å². The molecule has 2 aromatic rings. The van der Waals surface area contributed by atoms with Gasteiger partial charge in [0.2, 0.25) is 5.91 Å². The molecule has 2 saturated heterocycles. The maximum Gasteiger partial charge on any atom is 0.411 e. The number of benzene rings is 2. The first-order valence-corrected chi connectivity index (χ1v) is 9.18. The fourth-order valence-corrected chi connectivity index (χ4v) is 3.77. The number of cyclic esters (lactones) is 1. The number of likely N-dealkylation sites (tertiary alicyclic amines) is 1. The molecule has 0 N–H and O–H groups in total. The van der Waals surface area contributed by atoms with Crippen molar-refractivity contribution in [1.29, 1.82) is 0 Å². The molecule has 0 spiro atoms. The third-order valence-corrected chi connectivity index (χ3v) is 5.16. The zero-order chi connectivity index (χ0) is 19.5. The molecule has 0 bridgehead atoms. The summed E-state index contributed by atoms with van der Waals surface area (Å²) in [6, 6.07) is 18.2. The Labute approximate surface area is 164 Å². The quantitative estimate of drug-likeness (QED) is 0.599. The number of β-lactam (4-membered cyclic amide) rings is 1. The number of hydrogen-bond donors (Lipinski definition) is 0. The van der Waals surface area contributed by atoms with Crippen molar-refractivity contribution in [2.45, 2.75) is 18.1 Å². The third kappa shape index (κ3) is 3.14. The van der Waals surface area contributed by atoms with Gasteiger partial charge in [-0.25, -0.2) is 4.79 Å². The van der Waals surface area contributed by atoms with Crippen LogP contribution in [-0.4, -0.2) is 47.0 Å². The summed E-state index contributed by atoms with van der Waals surface area (Å²) in [7, 11) is 0. The van der Waals surface area contributed by atoms with Crippen molar-refractivity contribution in [3.05, 3.63) is 77.9 Å². The monoisotopic (exact) mass is 372 g/mol. The largest absolute Gasteiger partial charge is 0.447 e. The molecular formula is C23H20N2O3. The van der Waals surface area contributed by atoms with E-state index in [2.05, 4.69) is 5.92 Å². The van der Waals surface area contributed by atoms with E-state index < -0.39 is 12.1 Å². The van der Waals surface area contributed by atoms with Crippen LogP contribution in [0.5, 0.6) is 0 Å². The average Bonchev–Trinajstić information content (AvgIpc) is 3.11. The minimum absolute atomic E-state index is 0.152. The lowest BCUT2D eigenvalue weighted by atomic mass is 9.90. The average molecular weight is 372 g/mol. The minimum Gasteiger partial charge on any atom is -0.447 e. The number of hydrogen-bond acceptors (Lipinski definition) is 3. The summed E-state index contributed by atoms with van der Waals surface area (Å²) in [5, 5.41) is 0. The van der Waals surface area contributed by atoms with Gasteiger partial charge in [-0.2, -0.15) is 0 Å². The van der Waals surface area contributed by atoms with Gasteiger partial charge in [-0.3, -0.25) is 9.69 Å². The van der Waals surface area contributed by atoms with Crippen LogP contribution in [0, 0.1) is 12.3 Å². The first-order valence-electron chi connectivity index (χ1n) is 9.18.